The molecule has 1 saturated heterocycles. The molecule has 1 heterocycles. The Morgan fingerprint density at radius 3 is 2.23 bits per heavy atom. The van der Waals surface area contributed by atoms with Crippen LogP contribution in [0.1, 0.15) is 10.4 Å². The van der Waals surface area contributed by atoms with E-state index in [2.05, 4.69) is 20.1 Å². The first kappa shape index (κ1) is 20.1. The van der Waals surface area contributed by atoms with Crippen LogP contribution in [0.5, 0.6) is 11.5 Å². The summed E-state index contributed by atoms with van der Waals surface area (Å²) < 4.78 is 82.8. The molecule has 1 aromatic carbocycles. The highest BCUT2D eigenvalue weighted by Gasteiger charge is 2.30. The lowest BCUT2D eigenvalue weighted by atomic mass is 10.0. The molecule has 0 aliphatic carbocycles. The van der Waals surface area contributed by atoms with Crippen molar-refractivity contribution in [2.45, 2.75) is 12.4 Å². The zero-order valence-corrected chi connectivity index (χ0v) is 13.3. The molecule has 5 nitrogen and oxygen atoms in total. The van der Waals surface area contributed by atoms with E-state index in [4.69, 9.17) is 0 Å². The number of ether oxygens (including phenoxy) is 2. The van der Waals surface area contributed by atoms with Crippen molar-refractivity contribution in [3.05, 3.63) is 23.8 Å². The van der Waals surface area contributed by atoms with Crippen molar-refractivity contribution in [3.8, 4) is 11.5 Å². The summed E-state index contributed by atoms with van der Waals surface area (Å²) in [6, 6.07) is 2.90. The second-order valence-electron chi connectivity index (χ2n) is 5.70. The number of rotatable bonds is 7. The largest absolute Gasteiger partial charge is 0.484 e. The maximum Gasteiger partial charge on any atom is 0.422 e. The van der Waals surface area contributed by atoms with Crippen molar-refractivity contribution in [3.63, 3.8) is 0 Å². The van der Waals surface area contributed by atoms with Gasteiger partial charge in [0, 0.05) is 25.6 Å². The Bertz CT molecular complexity index is 629. The summed E-state index contributed by atoms with van der Waals surface area (Å²) in [5.41, 5.74) is -0.332. The van der Waals surface area contributed by atoms with Crippen molar-refractivity contribution >= 4 is 5.91 Å². The van der Waals surface area contributed by atoms with Gasteiger partial charge >= 0.3 is 12.4 Å². The van der Waals surface area contributed by atoms with Gasteiger partial charge in [0.15, 0.2) is 13.2 Å². The molecule has 1 aliphatic rings. The van der Waals surface area contributed by atoms with Crippen molar-refractivity contribution in [2.75, 3.05) is 32.8 Å². The summed E-state index contributed by atoms with van der Waals surface area (Å²) in [5, 5.41) is 5.51. The molecule has 0 atom stereocenters. The van der Waals surface area contributed by atoms with Crippen LogP contribution in [0.2, 0.25) is 0 Å². The maximum atomic E-state index is 12.3. The zero-order valence-electron chi connectivity index (χ0n) is 13.3. The first-order chi connectivity index (χ1) is 12.0. The second-order valence-corrected chi connectivity index (χ2v) is 5.70. The third-order valence-corrected chi connectivity index (χ3v) is 3.41. The van der Waals surface area contributed by atoms with Gasteiger partial charge < -0.3 is 20.1 Å². The van der Waals surface area contributed by atoms with E-state index in [1.54, 1.807) is 0 Å². The quantitative estimate of drug-likeness (QED) is 0.708. The molecule has 11 heteroatoms. The summed E-state index contributed by atoms with van der Waals surface area (Å²) in [4.78, 5) is 12.2. The molecule has 146 valence electrons. The molecule has 2 rings (SSSR count). The van der Waals surface area contributed by atoms with E-state index in [0.29, 0.717) is 13.1 Å². The van der Waals surface area contributed by atoms with Gasteiger partial charge in [0.25, 0.3) is 5.91 Å². The first-order valence-electron chi connectivity index (χ1n) is 7.55. The second kappa shape index (κ2) is 8.02. The van der Waals surface area contributed by atoms with Gasteiger partial charge in [0.1, 0.15) is 11.5 Å². The minimum Gasteiger partial charge on any atom is -0.484 e. The topological polar surface area (TPSA) is 59.6 Å². The van der Waals surface area contributed by atoms with Crippen LogP contribution in [-0.4, -0.2) is 51.1 Å². The van der Waals surface area contributed by atoms with Crippen LogP contribution in [-0.2, 0) is 0 Å². The van der Waals surface area contributed by atoms with Gasteiger partial charge in [-0.15, -0.1) is 0 Å². The van der Waals surface area contributed by atoms with E-state index in [1.807, 2.05) is 0 Å². The minimum absolute atomic E-state index is 0.183. The number of nitrogens with one attached hydrogen (secondary N) is 2. The molecule has 26 heavy (non-hydrogen) atoms. The molecule has 0 unspecified atom stereocenters. The highest BCUT2D eigenvalue weighted by molar-refractivity contribution is 5.97. The standard InChI is InChI=1S/C15H16F6N2O3/c16-14(17,18)7-25-10-1-2-12(26-8-15(19,20)21)11(3-10)13(24)23-6-9-4-22-5-9/h1-3,9,22H,4-8H2,(H,23,24). The van der Waals surface area contributed by atoms with Gasteiger partial charge in [-0.3, -0.25) is 4.79 Å². The first-order valence-corrected chi connectivity index (χ1v) is 7.55. The van der Waals surface area contributed by atoms with Crippen LogP contribution < -0.4 is 20.1 Å². The van der Waals surface area contributed by atoms with Crippen molar-refractivity contribution in [2.24, 2.45) is 5.92 Å². The Morgan fingerprint density at radius 2 is 1.69 bits per heavy atom. The van der Waals surface area contributed by atoms with Crippen molar-refractivity contribution in [1.82, 2.24) is 10.6 Å². The molecule has 2 N–H and O–H groups in total. The molecule has 0 spiro atoms. The van der Waals surface area contributed by atoms with Gasteiger partial charge in [0.05, 0.1) is 5.56 Å². The minimum atomic E-state index is -4.63. The third kappa shape index (κ3) is 6.62. The zero-order chi connectivity index (χ0) is 19.4. The molecule has 1 fully saturated rings. The molecular weight excluding hydrogens is 370 g/mol. The summed E-state index contributed by atoms with van der Waals surface area (Å²) in [7, 11) is 0. The van der Waals surface area contributed by atoms with Crippen LogP contribution >= 0.6 is 0 Å². The summed E-state index contributed by atoms with van der Waals surface area (Å²) >= 11 is 0. The van der Waals surface area contributed by atoms with Crippen LogP contribution in [0.15, 0.2) is 18.2 Å². The molecule has 0 radical (unpaired) electrons. The number of carbonyl (C=O) groups excluding carboxylic acids is 1. The SMILES string of the molecule is O=C(NCC1CNC1)c1cc(OCC(F)(F)F)ccc1OCC(F)(F)F. The van der Waals surface area contributed by atoms with Gasteiger partial charge in [-0.25, -0.2) is 0 Å². The number of hydrogen-bond donors (Lipinski definition) is 2. The highest BCUT2D eigenvalue weighted by atomic mass is 19.4. The normalized spacial score (nSPS) is 15.3. The van der Waals surface area contributed by atoms with Crippen molar-refractivity contribution in [1.29, 1.82) is 0 Å². The summed E-state index contributed by atoms with van der Waals surface area (Å²) in [5.74, 6) is -1.28. The smallest absolute Gasteiger partial charge is 0.422 e. The molecule has 1 aromatic rings. The number of alkyl halides is 6. The number of hydrogen-bond acceptors (Lipinski definition) is 4. The average molecular weight is 386 g/mol. The summed E-state index contributed by atoms with van der Waals surface area (Å²) in [6.07, 6.45) is -9.22. The van der Waals surface area contributed by atoms with E-state index < -0.39 is 37.2 Å². The fourth-order valence-electron chi connectivity index (χ4n) is 2.05. The lowest BCUT2D eigenvalue weighted by Crippen LogP contribution is -2.48. The van der Waals surface area contributed by atoms with Gasteiger partial charge in [-0.05, 0) is 18.2 Å². The van der Waals surface area contributed by atoms with Crippen LogP contribution in [0.25, 0.3) is 0 Å². The van der Waals surface area contributed by atoms with E-state index in [9.17, 15) is 31.1 Å². The van der Waals surface area contributed by atoms with E-state index in [1.165, 1.54) is 0 Å². The predicted octanol–water partition coefficient (Wildman–Crippen LogP) is 2.52. The molecule has 0 saturated carbocycles. The predicted molar refractivity (Wildman–Crippen MR) is 78.2 cm³/mol. The Labute approximate surface area is 144 Å². The van der Waals surface area contributed by atoms with Crippen LogP contribution in [0, 0.1) is 5.92 Å². The lowest BCUT2D eigenvalue weighted by molar-refractivity contribution is -0.154. The third-order valence-electron chi connectivity index (χ3n) is 3.41. The number of amides is 1. The summed E-state index contributed by atoms with van der Waals surface area (Å²) in [6.45, 7) is -1.58. The number of halogens is 6. The maximum absolute atomic E-state index is 12.3. The van der Waals surface area contributed by atoms with E-state index >= 15 is 0 Å². The molecule has 0 bridgehead atoms. The monoisotopic (exact) mass is 386 g/mol. The van der Waals surface area contributed by atoms with Gasteiger partial charge in [0.2, 0.25) is 0 Å². The Balaban J connectivity index is 2.12. The van der Waals surface area contributed by atoms with Crippen molar-refractivity contribution < 1.29 is 40.6 Å². The van der Waals surface area contributed by atoms with Gasteiger partial charge in [-0.2, -0.15) is 26.3 Å². The van der Waals surface area contributed by atoms with Crippen LogP contribution in [0.3, 0.4) is 0 Å². The molecule has 0 aromatic heterocycles. The molecule has 1 amide bonds. The molecule has 1 aliphatic heterocycles. The Hall–Kier alpha value is -2.17. The lowest BCUT2D eigenvalue weighted by Gasteiger charge is -2.27. The van der Waals surface area contributed by atoms with Gasteiger partial charge in [-0.1, -0.05) is 0 Å². The fourth-order valence-corrected chi connectivity index (χ4v) is 2.05. The van der Waals surface area contributed by atoms with E-state index in [0.717, 1.165) is 18.2 Å². The van der Waals surface area contributed by atoms with Crippen LogP contribution in [0.4, 0.5) is 26.3 Å². The number of carbonyl (C=O) groups is 1. The molecular formula is C15H16F6N2O3. The highest BCUT2D eigenvalue weighted by Crippen LogP contribution is 2.28. The Kier molecular flexibility index (Phi) is 6.21. The fraction of sp³-hybridized carbons (Fsp3) is 0.533. The number of benzene rings is 1. The Morgan fingerprint density at radius 1 is 1.08 bits per heavy atom. The average Bonchev–Trinajstić information content (AvgIpc) is 2.48. The van der Waals surface area contributed by atoms with E-state index in [-0.39, 0.29) is 23.8 Å².